The van der Waals surface area contributed by atoms with Gasteiger partial charge in [-0.15, -0.1) is 0 Å². The molecule has 2 aromatic carbocycles. The van der Waals surface area contributed by atoms with E-state index in [9.17, 15) is 8.78 Å². The van der Waals surface area contributed by atoms with Crippen LogP contribution in [-0.4, -0.2) is 11.5 Å². The lowest BCUT2D eigenvalue weighted by Crippen LogP contribution is -2.07. The Morgan fingerprint density at radius 1 is 1.00 bits per heavy atom. The summed E-state index contributed by atoms with van der Waals surface area (Å²) in [4.78, 5) is 4.04. The number of fused-ring (bicyclic) bond motifs is 1. The Balaban J connectivity index is 1.79. The van der Waals surface area contributed by atoms with Gasteiger partial charge in [-0.25, -0.2) is 8.78 Å². The summed E-state index contributed by atoms with van der Waals surface area (Å²) in [5, 5.41) is 4.29. The van der Waals surface area contributed by atoms with Gasteiger partial charge in [0.1, 0.15) is 17.2 Å². The topological polar surface area (TPSA) is 24.9 Å². The summed E-state index contributed by atoms with van der Waals surface area (Å²) in [5.41, 5.74) is 1.55. The van der Waals surface area contributed by atoms with Crippen LogP contribution in [0.2, 0.25) is 5.02 Å². The Bertz CT molecular complexity index is 801. The second-order valence-electron chi connectivity index (χ2n) is 4.87. The number of nitrogens with zero attached hydrogens (tertiary/aromatic N) is 1. The fourth-order valence-corrected chi connectivity index (χ4v) is 2.64. The molecule has 0 fully saturated rings. The molecule has 3 rings (SSSR count). The van der Waals surface area contributed by atoms with Crippen LogP contribution in [0.5, 0.6) is 0 Å². The first-order chi connectivity index (χ1) is 10.7. The molecular formula is C17H13ClF2N2. The van der Waals surface area contributed by atoms with E-state index < -0.39 is 0 Å². The predicted molar refractivity (Wildman–Crippen MR) is 85.3 cm³/mol. The Hall–Kier alpha value is -2.20. The molecule has 0 unspecified atom stereocenters. The van der Waals surface area contributed by atoms with Crippen LogP contribution < -0.4 is 5.32 Å². The van der Waals surface area contributed by atoms with E-state index in [4.69, 9.17) is 11.6 Å². The second-order valence-corrected chi connectivity index (χ2v) is 5.28. The molecule has 0 spiro atoms. The minimum atomic E-state index is -0.363. The summed E-state index contributed by atoms with van der Waals surface area (Å²) in [7, 11) is 0. The van der Waals surface area contributed by atoms with Crippen LogP contribution in [0.4, 0.5) is 14.5 Å². The largest absolute Gasteiger partial charge is 0.384 e. The van der Waals surface area contributed by atoms with Crippen molar-refractivity contribution >= 4 is 28.2 Å². The maximum absolute atomic E-state index is 13.7. The van der Waals surface area contributed by atoms with Crippen LogP contribution in [0.1, 0.15) is 5.56 Å². The van der Waals surface area contributed by atoms with Gasteiger partial charge in [-0.05, 0) is 30.7 Å². The third-order valence-electron chi connectivity index (χ3n) is 3.47. The number of para-hydroxylation sites is 1. The number of aromatic nitrogens is 1. The number of hydrogen-bond acceptors (Lipinski definition) is 2. The molecule has 0 saturated heterocycles. The van der Waals surface area contributed by atoms with Crippen molar-refractivity contribution in [2.75, 3.05) is 11.9 Å². The molecule has 112 valence electrons. The van der Waals surface area contributed by atoms with Crippen molar-refractivity contribution in [2.45, 2.75) is 6.42 Å². The summed E-state index contributed by atoms with van der Waals surface area (Å²) in [6.45, 7) is 0.482. The number of rotatable bonds is 4. The van der Waals surface area contributed by atoms with E-state index >= 15 is 0 Å². The van der Waals surface area contributed by atoms with Crippen molar-refractivity contribution in [1.82, 2.24) is 4.98 Å². The summed E-state index contributed by atoms with van der Waals surface area (Å²) < 4.78 is 27.4. The molecule has 0 radical (unpaired) electrons. The normalized spacial score (nSPS) is 10.9. The molecule has 1 N–H and O–H groups in total. The zero-order valence-corrected chi connectivity index (χ0v) is 12.4. The lowest BCUT2D eigenvalue weighted by Gasteiger charge is -2.11. The minimum Gasteiger partial charge on any atom is -0.384 e. The Kier molecular flexibility index (Phi) is 4.20. The Morgan fingerprint density at radius 3 is 2.59 bits per heavy atom. The van der Waals surface area contributed by atoms with Gasteiger partial charge in [0.15, 0.2) is 0 Å². The number of anilines is 1. The van der Waals surface area contributed by atoms with Gasteiger partial charge >= 0.3 is 0 Å². The molecule has 0 amide bonds. The molecule has 0 saturated carbocycles. The summed E-state index contributed by atoms with van der Waals surface area (Å²) in [6.07, 6.45) is 1.98. The molecule has 3 aromatic rings. The van der Waals surface area contributed by atoms with Gasteiger partial charge in [-0.3, -0.25) is 4.98 Å². The number of benzene rings is 2. The molecule has 0 bridgehead atoms. The van der Waals surface area contributed by atoms with Gasteiger partial charge in [-0.1, -0.05) is 29.8 Å². The van der Waals surface area contributed by atoms with Crippen molar-refractivity contribution in [3.63, 3.8) is 0 Å². The highest BCUT2D eigenvalue weighted by molar-refractivity contribution is 6.31. The monoisotopic (exact) mass is 318 g/mol. The summed E-state index contributed by atoms with van der Waals surface area (Å²) >= 11 is 6.00. The number of hydrogen-bond donors (Lipinski definition) is 1. The maximum Gasteiger partial charge on any atom is 0.149 e. The van der Waals surface area contributed by atoms with E-state index in [1.165, 1.54) is 12.1 Å². The van der Waals surface area contributed by atoms with E-state index in [1.807, 2.05) is 0 Å². The highest BCUT2D eigenvalue weighted by atomic mass is 35.5. The van der Waals surface area contributed by atoms with Crippen molar-refractivity contribution in [3.05, 3.63) is 70.9 Å². The van der Waals surface area contributed by atoms with E-state index in [2.05, 4.69) is 10.3 Å². The van der Waals surface area contributed by atoms with Crippen molar-refractivity contribution in [1.29, 1.82) is 0 Å². The molecular weight excluding hydrogens is 306 g/mol. The lowest BCUT2D eigenvalue weighted by molar-refractivity contribution is 0.611. The average Bonchev–Trinajstić information content (AvgIpc) is 2.51. The van der Waals surface area contributed by atoms with Crippen molar-refractivity contribution < 1.29 is 8.78 Å². The SMILES string of the molecule is Fc1cccc(Cl)c1CCNc1ccnc2c(F)cccc12. The van der Waals surface area contributed by atoms with Crippen LogP contribution in [0.25, 0.3) is 10.9 Å². The molecule has 2 nitrogen and oxygen atoms in total. The van der Waals surface area contributed by atoms with E-state index in [1.54, 1.807) is 36.5 Å². The molecule has 0 aliphatic heterocycles. The number of nitrogens with one attached hydrogen (secondary N) is 1. The predicted octanol–water partition coefficient (Wildman–Crippen LogP) is 4.82. The van der Waals surface area contributed by atoms with Gasteiger partial charge in [0.25, 0.3) is 0 Å². The Morgan fingerprint density at radius 2 is 1.77 bits per heavy atom. The lowest BCUT2D eigenvalue weighted by atomic mass is 10.1. The molecule has 0 aliphatic rings. The smallest absolute Gasteiger partial charge is 0.149 e. The van der Waals surface area contributed by atoms with Gasteiger partial charge in [-0.2, -0.15) is 0 Å². The van der Waals surface area contributed by atoms with Crippen LogP contribution in [0.3, 0.4) is 0 Å². The van der Waals surface area contributed by atoms with Crippen molar-refractivity contribution in [3.8, 4) is 0 Å². The minimum absolute atomic E-state index is 0.316. The fraction of sp³-hybridized carbons (Fsp3) is 0.118. The van der Waals surface area contributed by atoms with E-state index in [0.717, 1.165) is 5.69 Å². The van der Waals surface area contributed by atoms with Gasteiger partial charge in [0.2, 0.25) is 0 Å². The number of halogens is 3. The summed E-state index contributed by atoms with van der Waals surface area (Å²) in [6, 6.07) is 11.2. The quantitative estimate of drug-likeness (QED) is 0.746. The third kappa shape index (κ3) is 2.88. The maximum atomic E-state index is 13.7. The van der Waals surface area contributed by atoms with E-state index in [0.29, 0.717) is 34.5 Å². The summed E-state index contributed by atoms with van der Waals surface area (Å²) in [5.74, 6) is -0.682. The molecule has 5 heteroatoms. The molecule has 0 atom stereocenters. The molecule has 0 aliphatic carbocycles. The van der Waals surface area contributed by atoms with Crippen LogP contribution in [0.15, 0.2) is 48.7 Å². The fourth-order valence-electron chi connectivity index (χ4n) is 2.39. The first-order valence-electron chi connectivity index (χ1n) is 6.87. The standard InChI is InChI=1S/C17H13ClF2N2/c18-13-4-2-5-14(19)11(13)7-9-21-16-8-10-22-17-12(16)3-1-6-15(17)20/h1-6,8,10H,7,9H2,(H,21,22). The second kappa shape index (κ2) is 6.28. The molecule has 22 heavy (non-hydrogen) atoms. The van der Waals surface area contributed by atoms with Crippen molar-refractivity contribution in [2.24, 2.45) is 0 Å². The molecule has 1 heterocycles. The Labute approximate surface area is 131 Å². The van der Waals surface area contributed by atoms with Crippen LogP contribution in [0, 0.1) is 11.6 Å². The average molecular weight is 319 g/mol. The van der Waals surface area contributed by atoms with Crippen LogP contribution in [-0.2, 0) is 6.42 Å². The first kappa shape index (κ1) is 14.7. The zero-order valence-electron chi connectivity index (χ0n) is 11.6. The zero-order chi connectivity index (χ0) is 15.5. The van der Waals surface area contributed by atoms with E-state index in [-0.39, 0.29) is 11.6 Å². The van der Waals surface area contributed by atoms with Gasteiger partial charge in [0.05, 0.1) is 0 Å². The van der Waals surface area contributed by atoms with Gasteiger partial charge < -0.3 is 5.32 Å². The van der Waals surface area contributed by atoms with Crippen LogP contribution >= 0.6 is 11.6 Å². The highest BCUT2D eigenvalue weighted by Crippen LogP contribution is 2.24. The molecule has 1 aromatic heterocycles. The number of pyridine rings is 1. The highest BCUT2D eigenvalue weighted by Gasteiger charge is 2.08. The third-order valence-corrected chi connectivity index (χ3v) is 3.83. The van der Waals surface area contributed by atoms with Gasteiger partial charge in [0, 0.05) is 34.4 Å². The first-order valence-corrected chi connectivity index (χ1v) is 7.24.